The second-order valence-electron chi connectivity index (χ2n) is 3.41. The van der Waals surface area contributed by atoms with E-state index in [0.29, 0.717) is 11.8 Å². The van der Waals surface area contributed by atoms with Crippen LogP contribution in [0.2, 0.25) is 0 Å². The summed E-state index contributed by atoms with van der Waals surface area (Å²) in [6.07, 6.45) is 3.38. The second kappa shape index (κ2) is 4.75. The summed E-state index contributed by atoms with van der Waals surface area (Å²) in [6.45, 7) is -0.0645. The number of hydrogen-bond acceptors (Lipinski definition) is 2. The summed E-state index contributed by atoms with van der Waals surface area (Å²) in [4.78, 5) is 10.5. The maximum absolute atomic E-state index is 13.6. The first kappa shape index (κ1) is 11.9. The molecular formula is C11H7BrF2N2O. The molecule has 0 aliphatic heterocycles. The predicted molar refractivity (Wildman–Crippen MR) is 60.8 cm³/mol. The molecular weight excluding hydrogens is 294 g/mol. The van der Waals surface area contributed by atoms with Crippen LogP contribution in [0.15, 0.2) is 29.0 Å². The first-order valence-corrected chi connectivity index (χ1v) is 5.51. The van der Waals surface area contributed by atoms with Gasteiger partial charge in [0.05, 0.1) is 22.8 Å². The van der Waals surface area contributed by atoms with E-state index < -0.39 is 11.6 Å². The van der Waals surface area contributed by atoms with Gasteiger partial charge in [0.25, 0.3) is 0 Å². The van der Waals surface area contributed by atoms with E-state index in [0.717, 1.165) is 0 Å². The summed E-state index contributed by atoms with van der Waals surface area (Å²) in [5.74, 6) is -1.30. The van der Waals surface area contributed by atoms with E-state index >= 15 is 0 Å². The van der Waals surface area contributed by atoms with Gasteiger partial charge in [-0.1, -0.05) is 0 Å². The number of benzene rings is 1. The minimum absolute atomic E-state index is 0.0645. The van der Waals surface area contributed by atoms with Gasteiger partial charge >= 0.3 is 0 Å². The largest absolute Gasteiger partial charge is 0.298 e. The smallest absolute Gasteiger partial charge is 0.153 e. The van der Waals surface area contributed by atoms with Gasteiger partial charge in [-0.15, -0.1) is 0 Å². The van der Waals surface area contributed by atoms with E-state index in [1.165, 1.54) is 29.2 Å². The molecule has 0 radical (unpaired) electrons. The third kappa shape index (κ3) is 2.41. The molecule has 1 aromatic carbocycles. The fourth-order valence-electron chi connectivity index (χ4n) is 1.40. The number of aromatic nitrogens is 2. The Hall–Kier alpha value is -1.56. The molecule has 17 heavy (non-hydrogen) atoms. The van der Waals surface area contributed by atoms with E-state index in [1.807, 2.05) is 0 Å². The minimum Gasteiger partial charge on any atom is -0.298 e. The Kier molecular flexibility index (Phi) is 3.33. The second-order valence-corrected chi connectivity index (χ2v) is 4.27. The van der Waals surface area contributed by atoms with E-state index in [4.69, 9.17) is 0 Å². The van der Waals surface area contributed by atoms with Crippen LogP contribution in [-0.2, 0) is 6.54 Å². The third-order valence-corrected chi connectivity index (χ3v) is 2.86. The van der Waals surface area contributed by atoms with Crippen LogP contribution in [0, 0.1) is 11.6 Å². The molecule has 0 saturated heterocycles. The summed E-state index contributed by atoms with van der Waals surface area (Å²) in [6, 6.07) is 2.47. The molecule has 0 saturated carbocycles. The fraction of sp³-hybridized carbons (Fsp3) is 0.0909. The molecule has 0 N–H and O–H groups in total. The Labute approximate surface area is 104 Å². The predicted octanol–water partition coefficient (Wildman–Crippen LogP) is 2.78. The van der Waals surface area contributed by atoms with Crippen molar-refractivity contribution in [3.8, 4) is 0 Å². The van der Waals surface area contributed by atoms with Gasteiger partial charge in [0.2, 0.25) is 0 Å². The number of rotatable bonds is 3. The first-order valence-electron chi connectivity index (χ1n) is 4.72. The zero-order chi connectivity index (χ0) is 12.4. The van der Waals surface area contributed by atoms with Crippen molar-refractivity contribution in [2.75, 3.05) is 0 Å². The Morgan fingerprint density at radius 1 is 1.41 bits per heavy atom. The molecule has 1 aromatic heterocycles. The van der Waals surface area contributed by atoms with Crippen LogP contribution in [0.4, 0.5) is 8.78 Å². The van der Waals surface area contributed by atoms with Gasteiger partial charge in [0.1, 0.15) is 11.6 Å². The average molecular weight is 301 g/mol. The molecule has 0 unspecified atom stereocenters. The van der Waals surface area contributed by atoms with E-state index in [9.17, 15) is 13.6 Å². The SMILES string of the molecule is O=Cc1cnn(Cc2c(F)ccc(Br)c2F)c1. The van der Waals surface area contributed by atoms with Gasteiger partial charge < -0.3 is 0 Å². The molecule has 2 rings (SSSR count). The van der Waals surface area contributed by atoms with E-state index in [2.05, 4.69) is 21.0 Å². The van der Waals surface area contributed by atoms with Crippen molar-refractivity contribution < 1.29 is 13.6 Å². The zero-order valence-corrected chi connectivity index (χ0v) is 10.1. The summed E-state index contributed by atoms with van der Waals surface area (Å²) < 4.78 is 28.6. The van der Waals surface area contributed by atoms with Crippen LogP contribution in [0.25, 0.3) is 0 Å². The Balaban J connectivity index is 2.35. The number of hydrogen-bond donors (Lipinski definition) is 0. The lowest BCUT2D eigenvalue weighted by molar-refractivity contribution is 0.112. The molecule has 88 valence electrons. The lowest BCUT2D eigenvalue weighted by atomic mass is 10.2. The quantitative estimate of drug-likeness (QED) is 0.645. The van der Waals surface area contributed by atoms with Crippen molar-refractivity contribution in [1.29, 1.82) is 0 Å². The molecule has 0 bridgehead atoms. The monoisotopic (exact) mass is 300 g/mol. The standard InChI is InChI=1S/C11H7BrF2N2O/c12-9-1-2-10(13)8(11(9)14)5-16-4-7(6-17)3-15-16/h1-4,6H,5H2. The Morgan fingerprint density at radius 2 is 2.18 bits per heavy atom. The van der Waals surface area contributed by atoms with Crippen molar-refractivity contribution in [2.24, 2.45) is 0 Å². The highest BCUT2D eigenvalue weighted by molar-refractivity contribution is 9.10. The number of aldehydes is 1. The van der Waals surface area contributed by atoms with Crippen LogP contribution in [0.3, 0.4) is 0 Å². The number of carbonyl (C=O) groups excluding carboxylic acids is 1. The van der Waals surface area contributed by atoms with Gasteiger partial charge in [0.15, 0.2) is 6.29 Å². The lowest BCUT2D eigenvalue weighted by Crippen LogP contribution is -2.05. The lowest BCUT2D eigenvalue weighted by Gasteiger charge is -2.06. The summed E-state index contributed by atoms with van der Waals surface area (Å²) >= 11 is 2.98. The number of carbonyl (C=O) groups is 1. The summed E-state index contributed by atoms with van der Waals surface area (Å²) in [5.41, 5.74) is 0.265. The zero-order valence-electron chi connectivity index (χ0n) is 8.53. The molecule has 0 amide bonds. The summed E-state index contributed by atoms with van der Waals surface area (Å²) in [7, 11) is 0. The van der Waals surface area contributed by atoms with Gasteiger partial charge in [-0.25, -0.2) is 8.78 Å². The molecule has 2 aromatic rings. The van der Waals surface area contributed by atoms with Gasteiger partial charge in [-0.05, 0) is 28.1 Å². The fourth-order valence-corrected chi connectivity index (χ4v) is 1.77. The Bertz CT molecular complexity index is 569. The number of nitrogens with zero attached hydrogens (tertiary/aromatic N) is 2. The van der Waals surface area contributed by atoms with E-state index in [-0.39, 0.29) is 16.6 Å². The maximum atomic E-state index is 13.6. The molecule has 3 nitrogen and oxygen atoms in total. The highest BCUT2D eigenvalue weighted by Gasteiger charge is 2.13. The van der Waals surface area contributed by atoms with E-state index in [1.54, 1.807) is 0 Å². The highest BCUT2D eigenvalue weighted by atomic mass is 79.9. The minimum atomic E-state index is -0.659. The van der Waals surface area contributed by atoms with Crippen molar-refractivity contribution >= 4 is 22.2 Å². The normalized spacial score (nSPS) is 10.5. The molecule has 0 atom stereocenters. The van der Waals surface area contributed by atoms with Gasteiger partial charge in [0, 0.05) is 11.8 Å². The molecule has 0 fully saturated rings. The topological polar surface area (TPSA) is 34.9 Å². The summed E-state index contributed by atoms with van der Waals surface area (Å²) in [5, 5.41) is 3.83. The van der Waals surface area contributed by atoms with Crippen molar-refractivity contribution in [2.45, 2.75) is 6.54 Å². The molecule has 0 spiro atoms. The average Bonchev–Trinajstić information content (AvgIpc) is 2.77. The van der Waals surface area contributed by atoms with Crippen molar-refractivity contribution in [3.63, 3.8) is 0 Å². The van der Waals surface area contributed by atoms with Crippen LogP contribution in [-0.4, -0.2) is 16.1 Å². The number of halogens is 3. The molecule has 6 heteroatoms. The first-order chi connectivity index (χ1) is 8.11. The maximum Gasteiger partial charge on any atom is 0.153 e. The molecule has 0 aliphatic rings. The van der Waals surface area contributed by atoms with Crippen molar-refractivity contribution in [3.05, 3.63) is 51.8 Å². The molecule has 0 aliphatic carbocycles. The van der Waals surface area contributed by atoms with Gasteiger partial charge in [-0.3, -0.25) is 9.48 Å². The Morgan fingerprint density at radius 3 is 2.82 bits per heavy atom. The van der Waals surface area contributed by atoms with Crippen molar-refractivity contribution in [1.82, 2.24) is 9.78 Å². The third-order valence-electron chi connectivity index (χ3n) is 2.25. The van der Waals surface area contributed by atoms with Gasteiger partial charge in [-0.2, -0.15) is 5.10 Å². The van der Waals surface area contributed by atoms with Crippen LogP contribution >= 0.6 is 15.9 Å². The highest BCUT2D eigenvalue weighted by Crippen LogP contribution is 2.22. The molecule has 1 heterocycles. The van der Waals surface area contributed by atoms with Crippen LogP contribution in [0.1, 0.15) is 15.9 Å². The van der Waals surface area contributed by atoms with Crippen LogP contribution < -0.4 is 0 Å². The van der Waals surface area contributed by atoms with Crippen LogP contribution in [0.5, 0.6) is 0 Å².